The van der Waals surface area contributed by atoms with Crippen LogP contribution in [0, 0.1) is 23.0 Å². The molecule has 0 radical (unpaired) electrons. The molecule has 2 unspecified atom stereocenters. The first-order chi connectivity index (χ1) is 9.91. The van der Waals surface area contributed by atoms with Gasteiger partial charge in [0.15, 0.2) is 0 Å². The van der Waals surface area contributed by atoms with Crippen LogP contribution in [0.25, 0.3) is 0 Å². The van der Waals surface area contributed by atoms with Crippen molar-refractivity contribution < 1.29 is 10.0 Å². The van der Waals surface area contributed by atoms with Crippen LogP contribution in [0.5, 0.6) is 0 Å². The Bertz CT molecular complexity index is 513. The number of anilines is 1. The average molecular weight is 296 g/mol. The first kappa shape index (κ1) is 15.8. The number of aryl methyl sites for hydroxylation is 1. The largest absolute Gasteiger partial charge is 0.393 e. The Balaban J connectivity index is 2.19. The van der Waals surface area contributed by atoms with Gasteiger partial charge in [0.2, 0.25) is 5.82 Å². The van der Waals surface area contributed by atoms with E-state index in [4.69, 9.17) is 0 Å². The summed E-state index contributed by atoms with van der Waals surface area (Å²) in [5.74, 6) is 0.597. The van der Waals surface area contributed by atoms with Gasteiger partial charge in [-0.15, -0.1) is 0 Å². The second-order valence-electron chi connectivity index (χ2n) is 6.07. The molecule has 1 saturated carbocycles. The van der Waals surface area contributed by atoms with Crippen molar-refractivity contribution in [1.29, 1.82) is 0 Å². The van der Waals surface area contributed by atoms with Gasteiger partial charge in [-0.3, -0.25) is 10.1 Å². The van der Waals surface area contributed by atoms with E-state index in [2.05, 4.69) is 10.4 Å². The highest BCUT2D eigenvalue weighted by Crippen LogP contribution is 2.32. The van der Waals surface area contributed by atoms with Crippen LogP contribution in [0.1, 0.15) is 51.3 Å². The third-order valence-electron chi connectivity index (χ3n) is 4.13. The van der Waals surface area contributed by atoms with E-state index in [1.807, 2.05) is 13.8 Å². The number of nitrogens with one attached hydrogen (secondary N) is 1. The Morgan fingerprint density at radius 1 is 1.48 bits per heavy atom. The number of aliphatic hydroxyl groups excluding tert-OH is 1. The Hall–Kier alpha value is -1.63. The molecule has 1 aromatic rings. The minimum Gasteiger partial charge on any atom is -0.393 e. The molecule has 118 valence electrons. The lowest BCUT2D eigenvalue weighted by Gasteiger charge is -2.28. The van der Waals surface area contributed by atoms with Crippen LogP contribution in [0.15, 0.2) is 0 Å². The summed E-state index contributed by atoms with van der Waals surface area (Å²) in [4.78, 5) is 10.9. The van der Waals surface area contributed by atoms with Gasteiger partial charge in [-0.05, 0) is 33.6 Å². The number of hydrogen-bond acceptors (Lipinski definition) is 5. The van der Waals surface area contributed by atoms with E-state index in [0.717, 1.165) is 25.7 Å². The molecule has 0 spiro atoms. The van der Waals surface area contributed by atoms with Crippen LogP contribution in [-0.2, 0) is 0 Å². The molecule has 7 nitrogen and oxygen atoms in total. The van der Waals surface area contributed by atoms with Crippen LogP contribution in [0.4, 0.5) is 11.5 Å². The van der Waals surface area contributed by atoms with E-state index >= 15 is 0 Å². The first-order valence-electron chi connectivity index (χ1n) is 7.57. The van der Waals surface area contributed by atoms with Crippen LogP contribution in [0.2, 0.25) is 0 Å². The van der Waals surface area contributed by atoms with Gasteiger partial charge in [0, 0.05) is 18.5 Å². The molecule has 7 heteroatoms. The summed E-state index contributed by atoms with van der Waals surface area (Å²) in [6.45, 7) is 6.07. The lowest BCUT2D eigenvalue weighted by atomic mass is 9.86. The molecular weight excluding hydrogens is 272 g/mol. The predicted molar refractivity (Wildman–Crippen MR) is 80.5 cm³/mol. The summed E-state index contributed by atoms with van der Waals surface area (Å²) in [5, 5.41) is 28.7. The van der Waals surface area contributed by atoms with Crippen molar-refractivity contribution in [2.24, 2.45) is 5.92 Å². The molecule has 0 aliphatic heterocycles. The number of aromatic nitrogens is 2. The van der Waals surface area contributed by atoms with Gasteiger partial charge >= 0.3 is 5.69 Å². The summed E-state index contributed by atoms with van der Waals surface area (Å²) >= 11 is 0. The second-order valence-corrected chi connectivity index (χ2v) is 6.07. The average Bonchev–Trinajstić information content (AvgIpc) is 2.75. The number of rotatable bonds is 5. The topological polar surface area (TPSA) is 93.2 Å². The monoisotopic (exact) mass is 296 g/mol. The van der Waals surface area contributed by atoms with Crippen LogP contribution in [0.3, 0.4) is 0 Å². The molecule has 0 saturated heterocycles. The minimum atomic E-state index is -0.388. The molecule has 0 amide bonds. The van der Waals surface area contributed by atoms with Crippen LogP contribution < -0.4 is 5.32 Å². The van der Waals surface area contributed by atoms with Gasteiger partial charge in [0.25, 0.3) is 0 Å². The molecule has 0 bridgehead atoms. The van der Waals surface area contributed by atoms with Crippen molar-refractivity contribution in [2.75, 3.05) is 11.9 Å². The van der Waals surface area contributed by atoms with Crippen LogP contribution in [-0.4, -0.2) is 32.5 Å². The van der Waals surface area contributed by atoms with Crippen molar-refractivity contribution in [2.45, 2.75) is 58.6 Å². The van der Waals surface area contributed by atoms with Crippen molar-refractivity contribution in [3.05, 3.63) is 15.8 Å². The maximum absolute atomic E-state index is 11.3. The zero-order valence-electron chi connectivity index (χ0n) is 12.9. The Kier molecular flexibility index (Phi) is 4.82. The molecule has 1 aromatic heterocycles. The molecule has 1 aliphatic rings. The number of aliphatic hydroxyl groups is 1. The van der Waals surface area contributed by atoms with Gasteiger partial charge in [-0.1, -0.05) is 12.8 Å². The standard InChI is InChI=1S/C14H24N4O3/c1-9(2)17-14(13(18(20)21)10(3)16-17)15-8-11-6-4-5-7-12(11)19/h9,11-12,15,19H,4-8H2,1-3H3. The minimum absolute atomic E-state index is 0.0361. The molecule has 2 N–H and O–H groups in total. The van der Waals surface area contributed by atoms with Crippen molar-refractivity contribution in [3.63, 3.8) is 0 Å². The quantitative estimate of drug-likeness (QED) is 0.643. The molecule has 1 fully saturated rings. The maximum atomic E-state index is 11.3. The van der Waals surface area contributed by atoms with Crippen LogP contribution >= 0.6 is 0 Å². The van der Waals surface area contributed by atoms with E-state index < -0.39 is 0 Å². The van der Waals surface area contributed by atoms with E-state index in [0.29, 0.717) is 18.1 Å². The summed E-state index contributed by atoms with van der Waals surface area (Å²) in [6, 6.07) is 0.0381. The highest BCUT2D eigenvalue weighted by molar-refractivity contribution is 5.59. The zero-order chi connectivity index (χ0) is 15.6. The summed E-state index contributed by atoms with van der Waals surface area (Å²) in [7, 11) is 0. The molecule has 1 aliphatic carbocycles. The van der Waals surface area contributed by atoms with E-state index in [1.165, 1.54) is 0 Å². The molecule has 0 aromatic carbocycles. The SMILES string of the molecule is Cc1nn(C(C)C)c(NCC2CCCCC2O)c1[N+](=O)[O-]. The smallest absolute Gasteiger partial charge is 0.333 e. The normalized spacial score (nSPS) is 22.5. The van der Waals surface area contributed by atoms with Gasteiger partial charge in [0.1, 0.15) is 5.69 Å². The lowest BCUT2D eigenvalue weighted by molar-refractivity contribution is -0.384. The third kappa shape index (κ3) is 3.34. The lowest BCUT2D eigenvalue weighted by Crippen LogP contribution is -2.31. The highest BCUT2D eigenvalue weighted by atomic mass is 16.6. The van der Waals surface area contributed by atoms with Gasteiger partial charge in [0.05, 0.1) is 11.0 Å². The van der Waals surface area contributed by atoms with Crippen molar-refractivity contribution in [3.8, 4) is 0 Å². The third-order valence-corrected chi connectivity index (χ3v) is 4.13. The molecule has 2 rings (SSSR count). The van der Waals surface area contributed by atoms with Crippen molar-refractivity contribution in [1.82, 2.24) is 9.78 Å². The molecule has 2 atom stereocenters. The zero-order valence-corrected chi connectivity index (χ0v) is 12.9. The molecular formula is C14H24N4O3. The predicted octanol–water partition coefficient (Wildman–Crippen LogP) is 2.64. The fourth-order valence-electron chi connectivity index (χ4n) is 2.95. The number of hydrogen-bond donors (Lipinski definition) is 2. The Morgan fingerprint density at radius 2 is 2.14 bits per heavy atom. The van der Waals surface area contributed by atoms with Crippen molar-refractivity contribution >= 4 is 11.5 Å². The number of nitro groups is 1. The summed E-state index contributed by atoms with van der Waals surface area (Å²) in [6.07, 6.45) is 3.62. The Morgan fingerprint density at radius 3 is 2.71 bits per heavy atom. The van der Waals surface area contributed by atoms with Gasteiger partial charge < -0.3 is 10.4 Å². The van der Waals surface area contributed by atoms with Gasteiger partial charge in [-0.25, -0.2) is 4.68 Å². The first-order valence-corrected chi connectivity index (χ1v) is 7.57. The van der Waals surface area contributed by atoms with Gasteiger partial charge in [-0.2, -0.15) is 5.10 Å². The second kappa shape index (κ2) is 6.43. The van der Waals surface area contributed by atoms with E-state index in [1.54, 1.807) is 11.6 Å². The van der Waals surface area contributed by atoms with E-state index in [9.17, 15) is 15.2 Å². The fourth-order valence-corrected chi connectivity index (χ4v) is 2.95. The van der Waals surface area contributed by atoms with E-state index in [-0.39, 0.29) is 28.7 Å². The Labute approximate surface area is 124 Å². The highest BCUT2D eigenvalue weighted by Gasteiger charge is 2.28. The summed E-state index contributed by atoms with van der Waals surface area (Å²) in [5.41, 5.74) is 0.453. The molecule has 21 heavy (non-hydrogen) atoms. The fraction of sp³-hybridized carbons (Fsp3) is 0.786. The number of nitrogens with zero attached hydrogens (tertiary/aromatic N) is 3. The maximum Gasteiger partial charge on any atom is 0.333 e. The summed E-state index contributed by atoms with van der Waals surface area (Å²) < 4.78 is 1.66. The molecule has 1 heterocycles.